The summed E-state index contributed by atoms with van der Waals surface area (Å²) in [6.45, 7) is 4.16. The summed E-state index contributed by atoms with van der Waals surface area (Å²) in [5.41, 5.74) is 0. The van der Waals surface area contributed by atoms with Gasteiger partial charge in [-0.1, -0.05) is 0 Å². The fourth-order valence-corrected chi connectivity index (χ4v) is 2.17. The maximum absolute atomic E-state index is 4.40. The molecule has 1 aliphatic heterocycles. The summed E-state index contributed by atoms with van der Waals surface area (Å²) in [4.78, 5) is 2.29. The van der Waals surface area contributed by atoms with Crippen molar-refractivity contribution in [3.63, 3.8) is 0 Å². The maximum atomic E-state index is 4.40. The van der Waals surface area contributed by atoms with Crippen LogP contribution in [0.25, 0.3) is 0 Å². The van der Waals surface area contributed by atoms with Crippen LogP contribution in [-0.2, 0) is 7.05 Å². The smallest absolute Gasteiger partial charge is 0.165 e. The highest BCUT2D eigenvalue weighted by Gasteiger charge is 2.15. The van der Waals surface area contributed by atoms with Gasteiger partial charge in [0.15, 0.2) is 5.82 Å². The molecule has 0 aromatic carbocycles. The first-order chi connectivity index (χ1) is 6.27. The van der Waals surface area contributed by atoms with Crippen LogP contribution in [-0.4, -0.2) is 36.0 Å². The average molecular weight is 245 g/mol. The molecule has 0 amide bonds. The Kier molecular flexibility index (Phi) is 2.55. The van der Waals surface area contributed by atoms with Crippen LogP contribution in [0.5, 0.6) is 0 Å². The van der Waals surface area contributed by atoms with E-state index >= 15 is 0 Å². The predicted octanol–water partition coefficient (Wildman–Crippen LogP) is 0.592. The van der Waals surface area contributed by atoms with E-state index in [0.29, 0.717) is 0 Å². The van der Waals surface area contributed by atoms with E-state index in [1.807, 2.05) is 17.9 Å². The molecule has 4 nitrogen and oxygen atoms in total. The van der Waals surface area contributed by atoms with E-state index in [1.165, 1.54) is 0 Å². The van der Waals surface area contributed by atoms with E-state index in [1.54, 1.807) is 0 Å². The third kappa shape index (κ3) is 1.86. The second kappa shape index (κ2) is 3.67. The van der Waals surface area contributed by atoms with Crippen molar-refractivity contribution in [2.45, 2.75) is 0 Å². The van der Waals surface area contributed by atoms with Gasteiger partial charge in [-0.2, -0.15) is 5.10 Å². The Labute approximate surface area is 86.0 Å². The molecule has 0 aliphatic carbocycles. The summed E-state index contributed by atoms with van der Waals surface area (Å²) in [6, 6.07) is 0. The predicted molar refractivity (Wildman–Crippen MR) is 56.0 cm³/mol. The van der Waals surface area contributed by atoms with Crippen molar-refractivity contribution in [3.05, 3.63) is 10.7 Å². The van der Waals surface area contributed by atoms with Crippen molar-refractivity contribution in [2.24, 2.45) is 7.05 Å². The first-order valence-corrected chi connectivity index (χ1v) is 5.21. The molecule has 72 valence electrons. The van der Waals surface area contributed by atoms with Gasteiger partial charge < -0.3 is 10.2 Å². The molecule has 0 saturated carbocycles. The van der Waals surface area contributed by atoms with Crippen LogP contribution < -0.4 is 10.2 Å². The second-order valence-electron chi connectivity index (χ2n) is 3.21. The minimum Gasteiger partial charge on any atom is -0.352 e. The maximum Gasteiger partial charge on any atom is 0.165 e. The van der Waals surface area contributed by atoms with Crippen molar-refractivity contribution in [3.8, 4) is 0 Å². The lowest BCUT2D eigenvalue weighted by atomic mass is 10.3. The van der Waals surface area contributed by atoms with E-state index in [0.717, 1.165) is 36.5 Å². The number of aryl methyl sites for hydroxylation is 1. The molecule has 1 aliphatic rings. The van der Waals surface area contributed by atoms with Gasteiger partial charge in [-0.3, -0.25) is 4.68 Å². The third-order valence-electron chi connectivity index (χ3n) is 2.18. The van der Waals surface area contributed by atoms with Crippen LogP contribution >= 0.6 is 15.9 Å². The van der Waals surface area contributed by atoms with E-state index in [2.05, 4.69) is 31.2 Å². The molecule has 0 spiro atoms. The minimum absolute atomic E-state index is 1.04. The lowest BCUT2D eigenvalue weighted by molar-refractivity contribution is 0.580. The molecular weight excluding hydrogens is 232 g/mol. The second-order valence-corrected chi connectivity index (χ2v) is 4.07. The van der Waals surface area contributed by atoms with Gasteiger partial charge in [-0.25, -0.2) is 0 Å². The molecule has 0 radical (unpaired) electrons. The number of piperazine rings is 1. The number of rotatable bonds is 1. The molecule has 2 heterocycles. The van der Waals surface area contributed by atoms with Crippen LogP contribution in [0.1, 0.15) is 0 Å². The number of hydrogen-bond acceptors (Lipinski definition) is 3. The van der Waals surface area contributed by atoms with Gasteiger partial charge in [0.25, 0.3) is 0 Å². The monoisotopic (exact) mass is 244 g/mol. The van der Waals surface area contributed by atoms with Crippen LogP contribution in [0.3, 0.4) is 0 Å². The van der Waals surface area contributed by atoms with E-state index in [-0.39, 0.29) is 0 Å². The summed E-state index contributed by atoms with van der Waals surface area (Å²) >= 11 is 3.51. The molecule has 2 rings (SSSR count). The van der Waals surface area contributed by atoms with Gasteiger partial charge in [0.2, 0.25) is 0 Å². The van der Waals surface area contributed by atoms with Crippen molar-refractivity contribution in [1.82, 2.24) is 15.1 Å². The van der Waals surface area contributed by atoms with Gasteiger partial charge in [0.1, 0.15) is 0 Å². The number of nitrogens with zero attached hydrogens (tertiary/aromatic N) is 3. The Morgan fingerprint density at radius 1 is 1.46 bits per heavy atom. The topological polar surface area (TPSA) is 33.1 Å². The van der Waals surface area contributed by atoms with Gasteiger partial charge in [0, 0.05) is 39.4 Å². The molecule has 1 saturated heterocycles. The van der Waals surface area contributed by atoms with Crippen molar-refractivity contribution in [1.29, 1.82) is 0 Å². The summed E-state index contributed by atoms with van der Waals surface area (Å²) in [6.07, 6.45) is 1.98. The van der Waals surface area contributed by atoms with Crippen LogP contribution in [0.15, 0.2) is 10.7 Å². The van der Waals surface area contributed by atoms with E-state index < -0.39 is 0 Å². The average Bonchev–Trinajstić information content (AvgIpc) is 2.47. The Morgan fingerprint density at radius 3 is 2.69 bits per heavy atom. The highest BCUT2D eigenvalue weighted by Crippen LogP contribution is 2.23. The fourth-order valence-electron chi connectivity index (χ4n) is 1.54. The largest absolute Gasteiger partial charge is 0.352 e. The van der Waals surface area contributed by atoms with Gasteiger partial charge in [0.05, 0.1) is 4.47 Å². The number of nitrogens with one attached hydrogen (secondary N) is 1. The summed E-state index contributed by atoms with van der Waals surface area (Å²) in [5.74, 6) is 1.06. The Bertz CT molecular complexity index is 290. The molecule has 1 aromatic rings. The molecule has 1 aromatic heterocycles. The molecule has 1 N–H and O–H groups in total. The van der Waals surface area contributed by atoms with Crippen LogP contribution in [0.4, 0.5) is 5.82 Å². The molecular formula is C8H13BrN4. The fraction of sp³-hybridized carbons (Fsp3) is 0.625. The Hall–Kier alpha value is -0.550. The molecule has 0 atom stereocenters. The first-order valence-electron chi connectivity index (χ1n) is 4.42. The molecule has 13 heavy (non-hydrogen) atoms. The van der Waals surface area contributed by atoms with Crippen LogP contribution in [0, 0.1) is 0 Å². The van der Waals surface area contributed by atoms with Gasteiger partial charge in [-0.15, -0.1) is 0 Å². The Morgan fingerprint density at radius 2 is 2.15 bits per heavy atom. The van der Waals surface area contributed by atoms with E-state index in [4.69, 9.17) is 0 Å². The number of anilines is 1. The normalized spacial score (nSPS) is 17.8. The quantitative estimate of drug-likeness (QED) is 0.786. The number of hydrogen-bond donors (Lipinski definition) is 1. The highest BCUT2D eigenvalue weighted by atomic mass is 79.9. The van der Waals surface area contributed by atoms with Crippen molar-refractivity contribution >= 4 is 21.7 Å². The summed E-state index contributed by atoms with van der Waals surface area (Å²) in [5, 5.41) is 7.72. The molecule has 5 heteroatoms. The zero-order valence-corrected chi connectivity index (χ0v) is 9.21. The lowest BCUT2D eigenvalue weighted by Crippen LogP contribution is -2.43. The molecule has 0 bridgehead atoms. The standard InChI is InChI=1S/C8H13BrN4/c1-12-6-7(9)8(11-12)13-4-2-10-3-5-13/h6,10H,2-5H2,1H3. The first kappa shape index (κ1) is 9.02. The molecule has 1 fully saturated rings. The number of halogens is 1. The van der Waals surface area contributed by atoms with E-state index in [9.17, 15) is 0 Å². The van der Waals surface area contributed by atoms with Gasteiger partial charge >= 0.3 is 0 Å². The van der Waals surface area contributed by atoms with Crippen LogP contribution in [0.2, 0.25) is 0 Å². The minimum atomic E-state index is 1.04. The highest BCUT2D eigenvalue weighted by molar-refractivity contribution is 9.10. The zero-order valence-electron chi connectivity index (χ0n) is 7.63. The third-order valence-corrected chi connectivity index (χ3v) is 2.74. The summed E-state index contributed by atoms with van der Waals surface area (Å²) in [7, 11) is 1.94. The zero-order chi connectivity index (χ0) is 9.26. The van der Waals surface area contributed by atoms with Crippen molar-refractivity contribution < 1.29 is 0 Å². The van der Waals surface area contributed by atoms with Crippen molar-refractivity contribution in [2.75, 3.05) is 31.1 Å². The SMILES string of the molecule is Cn1cc(Br)c(N2CCNCC2)n1. The Balaban J connectivity index is 2.18. The number of aromatic nitrogens is 2. The summed E-state index contributed by atoms with van der Waals surface area (Å²) < 4.78 is 2.92. The molecule has 0 unspecified atom stereocenters. The lowest BCUT2D eigenvalue weighted by Gasteiger charge is -2.27. The van der Waals surface area contributed by atoms with Gasteiger partial charge in [-0.05, 0) is 15.9 Å².